The second-order valence-corrected chi connectivity index (χ2v) is 5.62. The number of para-hydroxylation sites is 1. The van der Waals surface area contributed by atoms with E-state index in [2.05, 4.69) is 4.98 Å². The number of aromatic nitrogens is 1. The molecule has 2 rings (SSSR count). The van der Waals surface area contributed by atoms with Crippen LogP contribution in [-0.2, 0) is 11.2 Å². The van der Waals surface area contributed by atoms with E-state index in [0.29, 0.717) is 6.42 Å². The summed E-state index contributed by atoms with van der Waals surface area (Å²) in [7, 11) is 3.91. The van der Waals surface area contributed by atoms with E-state index in [-0.39, 0.29) is 5.78 Å². The van der Waals surface area contributed by atoms with Gasteiger partial charge in [-0.05, 0) is 39.6 Å². The van der Waals surface area contributed by atoms with Crippen molar-refractivity contribution in [2.24, 2.45) is 0 Å². The molecule has 0 saturated heterocycles. The summed E-state index contributed by atoms with van der Waals surface area (Å²) in [5.41, 5.74) is 1.36. The van der Waals surface area contributed by atoms with Crippen LogP contribution >= 0.6 is 0 Å². The maximum Gasteiger partial charge on any atom is 0.158 e. The van der Waals surface area contributed by atoms with Crippen LogP contribution in [-0.4, -0.2) is 35.3 Å². The number of ketones is 1. The monoisotopic (exact) mass is 270 g/mol. The van der Waals surface area contributed by atoms with Crippen LogP contribution in [0, 0.1) is 0 Å². The lowest BCUT2D eigenvalue weighted by Crippen LogP contribution is -2.48. The van der Waals surface area contributed by atoms with Crippen molar-refractivity contribution < 1.29 is 4.79 Å². The van der Waals surface area contributed by atoms with Gasteiger partial charge in [0, 0.05) is 11.1 Å². The number of rotatable bonds is 5. The van der Waals surface area contributed by atoms with Crippen molar-refractivity contribution in [3.8, 4) is 0 Å². The van der Waals surface area contributed by atoms with Gasteiger partial charge in [-0.25, -0.2) is 0 Å². The quantitative estimate of drug-likeness (QED) is 0.837. The van der Waals surface area contributed by atoms with Crippen molar-refractivity contribution >= 4 is 16.7 Å². The minimum absolute atomic E-state index is 0.216. The second kappa shape index (κ2) is 5.71. The predicted molar refractivity (Wildman–Crippen MR) is 82.8 cm³/mol. The lowest BCUT2D eigenvalue weighted by Gasteiger charge is -2.34. The Morgan fingerprint density at radius 3 is 2.55 bits per heavy atom. The van der Waals surface area contributed by atoms with E-state index in [4.69, 9.17) is 0 Å². The fourth-order valence-electron chi connectivity index (χ4n) is 2.32. The molecular formula is C17H22N2O. The molecule has 0 aliphatic heterocycles. The fourth-order valence-corrected chi connectivity index (χ4v) is 2.32. The average molecular weight is 270 g/mol. The van der Waals surface area contributed by atoms with Gasteiger partial charge in [-0.2, -0.15) is 0 Å². The molecule has 0 radical (unpaired) electrons. The van der Waals surface area contributed by atoms with E-state index in [1.165, 1.54) is 0 Å². The number of carbonyl (C=O) groups excluding carboxylic acids is 1. The van der Waals surface area contributed by atoms with Gasteiger partial charge in [0.1, 0.15) is 0 Å². The highest BCUT2D eigenvalue weighted by Crippen LogP contribution is 2.20. The smallest absolute Gasteiger partial charge is 0.158 e. The molecule has 1 heterocycles. The number of fused-ring (bicyclic) bond motifs is 1. The van der Waals surface area contributed by atoms with E-state index >= 15 is 0 Å². The zero-order valence-corrected chi connectivity index (χ0v) is 12.7. The van der Waals surface area contributed by atoms with Gasteiger partial charge in [0.25, 0.3) is 0 Å². The normalized spacial score (nSPS) is 14.4. The highest BCUT2D eigenvalue weighted by atomic mass is 16.1. The molecule has 0 saturated carbocycles. The van der Waals surface area contributed by atoms with Crippen LogP contribution in [0.25, 0.3) is 10.9 Å². The van der Waals surface area contributed by atoms with Crippen LogP contribution in [0.15, 0.2) is 36.4 Å². The average Bonchev–Trinajstić information content (AvgIpc) is 2.45. The Morgan fingerprint density at radius 1 is 1.20 bits per heavy atom. The summed E-state index contributed by atoms with van der Waals surface area (Å²) in [4.78, 5) is 19.1. The first-order valence-electron chi connectivity index (χ1n) is 7.03. The zero-order chi connectivity index (χ0) is 14.8. The molecule has 0 fully saturated rings. The first-order chi connectivity index (χ1) is 9.47. The molecule has 106 valence electrons. The molecular weight excluding hydrogens is 248 g/mol. The summed E-state index contributed by atoms with van der Waals surface area (Å²) >= 11 is 0. The molecule has 1 atom stereocenters. The molecule has 20 heavy (non-hydrogen) atoms. The molecule has 3 heteroatoms. The number of pyridine rings is 1. The molecule has 0 aliphatic rings. The summed E-state index contributed by atoms with van der Waals surface area (Å²) in [6, 6.07) is 12.0. The maximum absolute atomic E-state index is 12.6. The topological polar surface area (TPSA) is 33.2 Å². The Hall–Kier alpha value is -1.74. The minimum Gasteiger partial charge on any atom is -0.297 e. The van der Waals surface area contributed by atoms with E-state index in [0.717, 1.165) is 23.0 Å². The molecule has 1 aromatic carbocycles. The summed E-state index contributed by atoms with van der Waals surface area (Å²) in [5.74, 6) is 0.216. The molecule has 1 aromatic heterocycles. The fraction of sp³-hybridized carbons (Fsp3) is 0.412. The molecule has 1 unspecified atom stereocenters. The van der Waals surface area contributed by atoms with Crippen LogP contribution in [0.1, 0.15) is 26.0 Å². The maximum atomic E-state index is 12.6. The molecule has 0 spiro atoms. The van der Waals surface area contributed by atoms with E-state index < -0.39 is 5.54 Å². The molecule has 0 aliphatic carbocycles. The molecule has 2 aromatic rings. The van der Waals surface area contributed by atoms with Crippen molar-refractivity contribution in [1.82, 2.24) is 9.88 Å². The van der Waals surface area contributed by atoms with E-state index in [1.807, 2.05) is 69.2 Å². The Morgan fingerprint density at radius 2 is 1.90 bits per heavy atom. The van der Waals surface area contributed by atoms with Crippen LogP contribution in [0.5, 0.6) is 0 Å². The van der Waals surface area contributed by atoms with Crippen LogP contribution in [0.3, 0.4) is 0 Å². The third kappa shape index (κ3) is 2.73. The van der Waals surface area contributed by atoms with Crippen LogP contribution in [0.2, 0.25) is 0 Å². The van der Waals surface area contributed by atoms with Gasteiger partial charge < -0.3 is 0 Å². The molecule has 0 N–H and O–H groups in total. The van der Waals surface area contributed by atoms with Gasteiger partial charge >= 0.3 is 0 Å². The lowest BCUT2D eigenvalue weighted by atomic mass is 9.89. The number of nitrogens with zero attached hydrogens (tertiary/aromatic N) is 2. The highest BCUT2D eigenvalue weighted by molar-refractivity contribution is 5.90. The van der Waals surface area contributed by atoms with Gasteiger partial charge in [-0.15, -0.1) is 0 Å². The molecule has 0 amide bonds. The van der Waals surface area contributed by atoms with E-state index in [1.54, 1.807) is 0 Å². The van der Waals surface area contributed by atoms with Crippen molar-refractivity contribution in [3.05, 3.63) is 42.1 Å². The standard InChI is InChI=1S/C17H22N2O/c1-5-17(2,19(3)4)16(20)12-14-11-10-13-8-6-7-9-15(13)18-14/h6-11H,5,12H2,1-4H3. The first kappa shape index (κ1) is 14.7. The van der Waals surface area contributed by atoms with Crippen molar-refractivity contribution in [1.29, 1.82) is 0 Å². The van der Waals surface area contributed by atoms with Gasteiger partial charge in [0.15, 0.2) is 5.78 Å². The Labute approximate surface area is 120 Å². The van der Waals surface area contributed by atoms with Crippen molar-refractivity contribution in [3.63, 3.8) is 0 Å². The van der Waals surface area contributed by atoms with E-state index in [9.17, 15) is 4.79 Å². The minimum atomic E-state index is -0.423. The van der Waals surface area contributed by atoms with Crippen molar-refractivity contribution in [2.45, 2.75) is 32.2 Å². The SMILES string of the molecule is CCC(C)(C(=O)Cc1ccc2ccccc2n1)N(C)C. The Kier molecular flexibility index (Phi) is 4.19. The largest absolute Gasteiger partial charge is 0.297 e. The van der Waals surface area contributed by atoms with Crippen LogP contribution < -0.4 is 0 Å². The van der Waals surface area contributed by atoms with Gasteiger partial charge in [0.2, 0.25) is 0 Å². The third-order valence-corrected chi connectivity index (χ3v) is 4.27. The van der Waals surface area contributed by atoms with Gasteiger partial charge in [-0.1, -0.05) is 31.2 Å². The number of benzene rings is 1. The second-order valence-electron chi connectivity index (χ2n) is 5.62. The number of hydrogen-bond acceptors (Lipinski definition) is 3. The predicted octanol–water partition coefficient (Wildman–Crippen LogP) is 3.08. The Balaban J connectivity index is 2.25. The number of likely N-dealkylation sites (N-methyl/N-ethyl adjacent to an activating group) is 1. The third-order valence-electron chi connectivity index (χ3n) is 4.27. The first-order valence-corrected chi connectivity index (χ1v) is 7.03. The summed E-state index contributed by atoms with van der Waals surface area (Å²) in [6.45, 7) is 4.04. The summed E-state index contributed by atoms with van der Waals surface area (Å²) < 4.78 is 0. The van der Waals surface area contributed by atoms with Crippen molar-refractivity contribution in [2.75, 3.05) is 14.1 Å². The summed E-state index contributed by atoms with van der Waals surface area (Å²) in [5, 5.41) is 1.11. The summed E-state index contributed by atoms with van der Waals surface area (Å²) in [6.07, 6.45) is 1.18. The lowest BCUT2D eigenvalue weighted by molar-refractivity contribution is -0.128. The number of Topliss-reactive ketones (excluding diaryl/α,β-unsaturated/α-hetero) is 1. The number of hydrogen-bond donors (Lipinski definition) is 0. The highest BCUT2D eigenvalue weighted by Gasteiger charge is 2.33. The van der Waals surface area contributed by atoms with Gasteiger partial charge in [0.05, 0.1) is 17.5 Å². The van der Waals surface area contributed by atoms with Crippen LogP contribution in [0.4, 0.5) is 0 Å². The molecule has 3 nitrogen and oxygen atoms in total. The number of carbonyl (C=O) groups is 1. The zero-order valence-electron chi connectivity index (χ0n) is 12.7. The van der Waals surface area contributed by atoms with Gasteiger partial charge in [-0.3, -0.25) is 14.7 Å². The Bertz CT molecular complexity index is 621. The molecule has 0 bridgehead atoms.